The van der Waals surface area contributed by atoms with E-state index in [0.29, 0.717) is 17.4 Å². The van der Waals surface area contributed by atoms with Gasteiger partial charge in [-0.15, -0.1) is 0 Å². The van der Waals surface area contributed by atoms with Crippen molar-refractivity contribution in [2.24, 2.45) is 23.2 Å². The Morgan fingerprint density at radius 3 is 2.19 bits per heavy atom. The zero-order valence-electron chi connectivity index (χ0n) is 18.5. The SMILES string of the molecule is C=C(C)C(=O)O[C@@]1(C#CC(C)(C)OOC(C)(C)C)C[C@H]2C[C@@H]1[C@@H](C)C2(C)C. The Kier molecular flexibility index (Phi) is 5.65. The third-order valence-corrected chi connectivity index (χ3v) is 6.21. The Morgan fingerprint density at radius 2 is 1.74 bits per heavy atom. The van der Waals surface area contributed by atoms with Crippen molar-refractivity contribution in [2.75, 3.05) is 0 Å². The third kappa shape index (κ3) is 4.58. The van der Waals surface area contributed by atoms with E-state index in [-0.39, 0.29) is 17.3 Å². The maximum absolute atomic E-state index is 12.4. The van der Waals surface area contributed by atoms with Gasteiger partial charge in [0.2, 0.25) is 0 Å². The fraction of sp³-hybridized carbons (Fsp3) is 0.783. The van der Waals surface area contributed by atoms with Crippen LogP contribution in [0.3, 0.4) is 0 Å². The Balaban J connectivity index is 2.32. The van der Waals surface area contributed by atoms with Crippen LogP contribution in [0.25, 0.3) is 0 Å². The van der Waals surface area contributed by atoms with Gasteiger partial charge in [-0.3, -0.25) is 0 Å². The fourth-order valence-electron chi connectivity index (χ4n) is 4.21. The summed E-state index contributed by atoms with van der Waals surface area (Å²) in [5.74, 6) is 7.25. The zero-order chi connectivity index (χ0) is 20.8. The minimum atomic E-state index is -0.809. The lowest BCUT2D eigenvalue weighted by Crippen LogP contribution is -2.47. The minimum absolute atomic E-state index is 0.215. The van der Waals surface area contributed by atoms with E-state index in [4.69, 9.17) is 14.5 Å². The second-order valence-corrected chi connectivity index (χ2v) is 10.5. The minimum Gasteiger partial charge on any atom is -0.442 e. The van der Waals surface area contributed by atoms with Gasteiger partial charge in [0.15, 0.2) is 11.2 Å². The molecule has 4 nitrogen and oxygen atoms in total. The summed E-state index contributed by atoms with van der Waals surface area (Å²) in [7, 11) is 0. The van der Waals surface area contributed by atoms with Crippen LogP contribution in [0.1, 0.15) is 75.2 Å². The number of fused-ring (bicyclic) bond motifs is 2. The molecule has 4 heteroatoms. The highest BCUT2D eigenvalue weighted by atomic mass is 17.2. The Labute approximate surface area is 164 Å². The van der Waals surface area contributed by atoms with Crippen LogP contribution in [-0.2, 0) is 19.3 Å². The molecule has 2 rings (SSSR count). The van der Waals surface area contributed by atoms with E-state index < -0.39 is 16.8 Å². The van der Waals surface area contributed by atoms with E-state index in [1.165, 1.54) is 0 Å². The quantitative estimate of drug-likeness (QED) is 0.226. The van der Waals surface area contributed by atoms with Crippen LogP contribution in [0.15, 0.2) is 12.2 Å². The van der Waals surface area contributed by atoms with Crippen LogP contribution in [0.2, 0.25) is 0 Å². The van der Waals surface area contributed by atoms with Gasteiger partial charge in [-0.25, -0.2) is 14.6 Å². The van der Waals surface area contributed by atoms with E-state index >= 15 is 0 Å². The molecule has 0 radical (unpaired) electrons. The molecule has 0 saturated heterocycles. The van der Waals surface area contributed by atoms with Crippen molar-refractivity contribution in [1.82, 2.24) is 0 Å². The third-order valence-electron chi connectivity index (χ3n) is 6.21. The van der Waals surface area contributed by atoms with Gasteiger partial charge in [0.05, 0.1) is 5.60 Å². The molecule has 0 aromatic rings. The lowest BCUT2D eigenvalue weighted by molar-refractivity contribution is -0.384. The number of carbonyl (C=O) groups excluding carboxylic acids is 1. The summed E-state index contributed by atoms with van der Waals surface area (Å²) in [4.78, 5) is 23.4. The molecule has 152 valence electrons. The molecule has 0 aromatic heterocycles. The normalized spacial score (nSPS) is 32.0. The molecule has 0 heterocycles. The van der Waals surface area contributed by atoms with E-state index in [9.17, 15) is 4.79 Å². The summed E-state index contributed by atoms with van der Waals surface area (Å²) in [6, 6.07) is 0. The molecule has 2 fully saturated rings. The van der Waals surface area contributed by atoms with Gasteiger partial charge in [0.25, 0.3) is 0 Å². The van der Waals surface area contributed by atoms with Gasteiger partial charge >= 0.3 is 5.97 Å². The van der Waals surface area contributed by atoms with Gasteiger partial charge in [0.1, 0.15) is 0 Å². The van der Waals surface area contributed by atoms with Gasteiger partial charge in [-0.05, 0) is 65.2 Å². The zero-order valence-corrected chi connectivity index (χ0v) is 18.5. The van der Waals surface area contributed by atoms with Crippen molar-refractivity contribution in [1.29, 1.82) is 0 Å². The molecule has 4 atom stereocenters. The Morgan fingerprint density at radius 1 is 1.15 bits per heavy atom. The smallest absolute Gasteiger partial charge is 0.334 e. The molecule has 0 aliphatic heterocycles. The number of carbonyl (C=O) groups is 1. The first-order valence-electron chi connectivity index (χ1n) is 9.90. The molecule has 2 aliphatic rings. The van der Waals surface area contributed by atoms with Gasteiger partial charge in [-0.1, -0.05) is 39.2 Å². The summed E-state index contributed by atoms with van der Waals surface area (Å²) >= 11 is 0. The molecule has 2 bridgehead atoms. The molecule has 2 saturated carbocycles. The topological polar surface area (TPSA) is 44.8 Å². The molecule has 0 N–H and O–H groups in total. The van der Waals surface area contributed by atoms with Gasteiger partial charge < -0.3 is 4.74 Å². The summed E-state index contributed by atoms with van der Waals surface area (Å²) in [5, 5.41) is 0. The van der Waals surface area contributed by atoms with Crippen molar-refractivity contribution >= 4 is 5.97 Å². The predicted molar refractivity (Wildman–Crippen MR) is 107 cm³/mol. The van der Waals surface area contributed by atoms with Crippen LogP contribution < -0.4 is 0 Å². The molecular formula is C23H36O4. The number of rotatable bonds is 4. The maximum Gasteiger partial charge on any atom is 0.334 e. The highest BCUT2D eigenvalue weighted by Gasteiger charge is 2.63. The van der Waals surface area contributed by atoms with E-state index in [1.807, 2.05) is 34.6 Å². The van der Waals surface area contributed by atoms with Crippen molar-refractivity contribution in [3.63, 3.8) is 0 Å². The maximum atomic E-state index is 12.4. The summed E-state index contributed by atoms with van der Waals surface area (Å²) in [5.41, 5.74) is -1.38. The molecule has 0 aromatic carbocycles. The largest absolute Gasteiger partial charge is 0.442 e. The van der Waals surface area contributed by atoms with Crippen molar-refractivity contribution in [3.8, 4) is 11.8 Å². The van der Waals surface area contributed by atoms with Crippen LogP contribution >= 0.6 is 0 Å². The average molecular weight is 377 g/mol. The Bertz CT molecular complexity index is 667. The number of ether oxygens (including phenoxy) is 1. The summed E-state index contributed by atoms with van der Waals surface area (Å²) in [6.07, 6.45) is 1.79. The van der Waals surface area contributed by atoms with Crippen LogP contribution in [0.5, 0.6) is 0 Å². The van der Waals surface area contributed by atoms with Crippen LogP contribution in [0.4, 0.5) is 0 Å². The molecule has 27 heavy (non-hydrogen) atoms. The fourth-order valence-corrected chi connectivity index (χ4v) is 4.21. The summed E-state index contributed by atoms with van der Waals surface area (Å²) < 4.78 is 5.99. The number of hydrogen-bond donors (Lipinski definition) is 0. The van der Waals surface area contributed by atoms with Crippen molar-refractivity contribution < 1.29 is 19.3 Å². The number of esters is 1. The molecule has 2 aliphatic carbocycles. The average Bonchev–Trinajstić information content (AvgIpc) is 2.99. The highest BCUT2D eigenvalue weighted by Crippen LogP contribution is 2.63. The van der Waals surface area contributed by atoms with Gasteiger partial charge in [0, 0.05) is 17.9 Å². The first kappa shape index (κ1) is 22.0. The number of hydrogen-bond acceptors (Lipinski definition) is 4. The van der Waals surface area contributed by atoms with E-state index in [0.717, 1.165) is 12.8 Å². The monoisotopic (exact) mass is 376 g/mol. The molecule has 0 unspecified atom stereocenters. The van der Waals surface area contributed by atoms with Crippen LogP contribution in [0, 0.1) is 35.0 Å². The van der Waals surface area contributed by atoms with Crippen molar-refractivity contribution in [2.45, 2.75) is 92.0 Å². The standard InChI is InChI=1S/C23H36O4/c1-15(2)19(24)25-23(12-11-21(7,8)27-26-20(4,5)6)14-17-13-18(23)16(3)22(17,9)10/h16-18H,1,13-14H2,2-10H3/t16-,17-,18-,23+/m1/s1. The summed E-state index contributed by atoms with van der Waals surface area (Å²) in [6.45, 7) is 21.8. The first-order chi connectivity index (χ1) is 12.1. The molecule has 0 amide bonds. The first-order valence-corrected chi connectivity index (χ1v) is 9.90. The predicted octanol–water partition coefficient (Wildman–Crippen LogP) is 5.08. The molecule has 0 spiro atoms. The second kappa shape index (κ2) is 6.94. The lowest BCUT2D eigenvalue weighted by Gasteiger charge is -2.44. The van der Waals surface area contributed by atoms with Crippen LogP contribution in [-0.4, -0.2) is 22.8 Å². The van der Waals surface area contributed by atoms with E-state index in [2.05, 4.69) is 39.2 Å². The lowest BCUT2D eigenvalue weighted by atomic mass is 9.64. The highest BCUT2D eigenvalue weighted by molar-refractivity contribution is 5.87. The Hall–Kier alpha value is -1.31. The van der Waals surface area contributed by atoms with E-state index in [1.54, 1.807) is 6.92 Å². The van der Waals surface area contributed by atoms with Crippen molar-refractivity contribution in [3.05, 3.63) is 12.2 Å². The molecular weight excluding hydrogens is 340 g/mol. The van der Waals surface area contributed by atoms with Gasteiger partial charge in [-0.2, -0.15) is 0 Å². The second-order valence-electron chi connectivity index (χ2n) is 10.5.